The smallest absolute Gasteiger partial charge is 0.329 e. The zero-order valence-corrected chi connectivity index (χ0v) is 30.9. The van der Waals surface area contributed by atoms with Crippen molar-refractivity contribution in [1.82, 2.24) is 4.90 Å². The summed E-state index contributed by atoms with van der Waals surface area (Å²) in [7, 11) is 7.72. The Bertz CT molecular complexity index is 1670. The third kappa shape index (κ3) is 9.74. The Balaban J connectivity index is 1.62. The van der Waals surface area contributed by atoms with E-state index in [1.165, 1.54) is 21.3 Å². The van der Waals surface area contributed by atoms with Crippen molar-refractivity contribution in [2.45, 2.75) is 76.4 Å². The Morgan fingerprint density at radius 3 is 2.19 bits per heavy atom. The van der Waals surface area contributed by atoms with Gasteiger partial charge in [-0.25, -0.2) is 4.79 Å². The molecule has 2 amide bonds. The van der Waals surface area contributed by atoms with E-state index in [9.17, 15) is 19.2 Å². The molecule has 12 heteroatoms. The van der Waals surface area contributed by atoms with Crippen LogP contribution in [0.3, 0.4) is 0 Å². The molecule has 1 fully saturated rings. The van der Waals surface area contributed by atoms with Crippen LogP contribution < -0.4 is 29.0 Å². The van der Waals surface area contributed by atoms with E-state index in [2.05, 4.69) is 5.32 Å². The third-order valence-corrected chi connectivity index (χ3v) is 9.29. The highest BCUT2D eigenvalue weighted by Crippen LogP contribution is 2.41. The number of anilines is 1. The second kappa shape index (κ2) is 19.4. The first-order valence-corrected chi connectivity index (χ1v) is 17.6. The Labute approximate surface area is 305 Å². The van der Waals surface area contributed by atoms with Gasteiger partial charge in [-0.3, -0.25) is 9.59 Å². The quantitative estimate of drug-likeness (QED) is 0.116. The highest BCUT2D eigenvalue weighted by Gasteiger charge is 2.38. The summed E-state index contributed by atoms with van der Waals surface area (Å²) in [6, 6.07) is 15.5. The second-order valence-electron chi connectivity index (χ2n) is 12.5. The minimum Gasteiger partial charge on any atom is -0.493 e. The number of nitrogens with zero attached hydrogens (tertiary/aromatic N) is 1. The normalized spacial score (nSPS) is 15.1. The van der Waals surface area contributed by atoms with Gasteiger partial charge < -0.3 is 43.4 Å². The van der Waals surface area contributed by atoms with Gasteiger partial charge in [0, 0.05) is 25.1 Å². The van der Waals surface area contributed by atoms with Crippen molar-refractivity contribution in [3.63, 3.8) is 0 Å². The molecule has 0 spiro atoms. The molecule has 280 valence electrons. The van der Waals surface area contributed by atoms with Crippen LogP contribution >= 0.6 is 0 Å². The van der Waals surface area contributed by atoms with Gasteiger partial charge in [-0.2, -0.15) is 0 Å². The topological polar surface area (TPSA) is 139 Å². The van der Waals surface area contributed by atoms with Crippen molar-refractivity contribution in [2.24, 2.45) is 0 Å². The lowest BCUT2D eigenvalue weighted by molar-refractivity contribution is -0.162. The maximum absolute atomic E-state index is 14.3. The maximum Gasteiger partial charge on any atom is 0.329 e. The zero-order chi connectivity index (χ0) is 37.6. The van der Waals surface area contributed by atoms with Crippen LogP contribution in [-0.4, -0.2) is 77.1 Å². The molecule has 1 aliphatic heterocycles. The van der Waals surface area contributed by atoms with Crippen molar-refractivity contribution < 1.29 is 47.6 Å². The lowest BCUT2D eigenvalue weighted by Gasteiger charge is -2.37. The van der Waals surface area contributed by atoms with Crippen molar-refractivity contribution in [1.29, 1.82) is 0 Å². The van der Waals surface area contributed by atoms with Gasteiger partial charge in [-0.15, -0.1) is 0 Å². The van der Waals surface area contributed by atoms with Crippen LogP contribution in [0.25, 0.3) is 0 Å². The number of esters is 1. The van der Waals surface area contributed by atoms with Crippen LogP contribution in [-0.2, 0) is 30.3 Å². The van der Waals surface area contributed by atoms with Crippen LogP contribution in [0.2, 0.25) is 0 Å². The standard InChI is InChI=1S/C40H50N2O10/c1-7-30(28-24-35(49-4)38(51-6)36(25-28)50-5)39(45)42-20-9-8-14-31(42)40(46)52-32(18-16-26-17-19-33(47-2)34(22-26)48-3)27-12-10-13-29(23-27)41-37(44)15-11-21-43/h10,12-13,17,19,21-25,30-32H,7-9,11,14-16,18,20H2,1-6H3,(H,41,44)/t30-,31-,32+/m0/s1. The predicted octanol–water partition coefficient (Wildman–Crippen LogP) is 6.44. The highest BCUT2D eigenvalue weighted by atomic mass is 16.5. The Hall–Kier alpha value is -5.26. The van der Waals surface area contributed by atoms with E-state index < -0.39 is 24.0 Å². The van der Waals surface area contributed by atoms with Gasteiger partial charge in [0.2, 0.25) is 17.6 Å². The second-order valence-corrected chi connectivity index (χ2v) is 12.5. The van der Waals surface area contributed by atoms with Crippen LogP contribution in [0, 0.1) is 0 Å². The molecular formula is C40H50N2O10. The van der Waals surface area contributed by atoms with Crippen LogP contribution in [0.15, 0.2) is 54.6 Å². The summed E-state index contributed by atoms with van der Waals surface area (Å²) in [6.45, 7) is 2.34. The molecule has 3 atom stereocenters. The molecule has 52 heavy (non-hydrogen) atoms. The lowest BCUT2D eigenvalue weighted by Crippen LogP contribution is -2.50. The number of hydrogen-bond acceptors (Lipinski definition) is 10. The number of piperidine rings is 1. The first-order chi connectivity index (χ1) is 25.2. The number of carbonyl (C=O) groups excluding carboxylic acids is 4. The fraction of sp³-hybridized carbons (Fsp3) is 0.450. The Morgan fingerprint density at radius 1 is 0.846 bits per heavy atom. The predicted molar refractivity (Wildman–Crippen MR) is 196 cm³/mol. The Morgan fingerprint density at radius 2 is 1.56 bits per heavy atom. The largest absolute Gasteiger partial charge is 0.493 e. The number of rotatable bonds is 18. The third-order valence-electron chi connectivity index (χ3n) is 9.29. The van der Waals surface area contributed by atoms with Crippen molar-refractivity contribution in [3.05, 3.63) is 71.3 Å². The van der Waals surface area contributed by atoms with Crippen molar-refractivity contribution >= 4 is 29.8 Å². The van der Waals surface area contributed by atoms with Gasteiger partial charge >= 0.3 is 5.97 Å². The zero-order valence-electron chi connectivity index (χ0n) is 30.9. The van der Waals surface area contributed by atoms with Crippen molar-refractivity contribution in [3.8, 4) is 28.7 Å². The van der Waals surface area contributed by atoms with E-state index >= 15 is 0 Å². The Kier molecular flexibility index (Phi) is 14.7. The van der Waals surface area contributed by atoms with Crippen LogP contribution in [0.5, 0.6) is 28.7 Å². The molecule has 12 nitrogen and oxygen atoms in total. The molecule has 4 rings (SSSR count). The average Bonchev–Trinajstić information content (AvgIpc) is 3.18. The van der Waals surface area contributed by atoms with Crippen molar-refractivity contribution in [2.75, 3.05) is 47.4 Å². The minimum atomic E-state index is -0.785. The monoisotopic (exact) mass is 718 g/mol. The summed E-state index contributed by atoms with van der Waals surface area (Å²) in [5, 5.41) is 2.82. The molecule has 1 aliphatic rings. The van der Waals surface area contributed by atoms with E-state index in [4.69, 9.17) is 28.4 Å². The molecule has 0 aromatic heterocycles. The van der Waals surface area contributed by atoms with E-state index in [1.807, 2.05) is 31.2 Å². The molecule has 0 saturated carbocycles. The van der Waals surface area contributed by atoms with Gasteiger partial charge in [0.15, 0.2) is 23.0 Å². The SMILES string of the molecule is CC[C@H](C(=O)N1CCCC[C@H]1C(=O)O[C@H](CCc1ccc(OC)c(OC)c1)c1cccc(NC(=O)CCC=O)c1)c1cc(OC)c(OC)c(OC)c1. The van der Waals surface area contributed by atoms with E-state index in [1.54, 1.807) is 49.5 Å². The van der Waals surface area contributed by atoms with Gasteiger partial charge in [-0.1, -0.05) is 25.1 Å². The number of aldehydes is 1. The number of ether oxygens (including phenoxy) is 6. The fourth-order valence-corrected chi connectivity index (χ4v) is 6.57. The van der Waals surface area contributed by atoms with Gasteiger partial charge in [0.1, 0.15) is 18.4 Å². The number of methoxy groups -OCH3 is 5. The molecular weight excluding hydrogens is 668 g/mol. The van der Waals surface area contributed by atoms with E-state index in [0.717, 1.165) is 18.4 Å². The minimum absolute atomic E-state index is 0.0613. The average molecular weight is 719 g/mol. The molecule has 0 unspecified atom stereocenters. The lowest BCUT2D eigenvalue weighted by atomic mass is 9.91. The number of nitrogens with one attached hydrogen (secondary N) is 1. The summed E-state index contributed by atoms with van der Waals surface area (Å²) < 4.78 is 33.8. The van der Waals surface area contributed by atoms with E-state index in [0.29, 0.717) is 84.1 Å². The molecule has 1 saturated heterocycles. The maximum atomic E-state index is 14.3. The van der Waals surface area contributed by atoms with Gasteiger partial charge in [0.25, 0.3) is 0 Å². The van der Waals surface area contributed by atoms with Crippen LogP contribution in [0.1, 0.15) is 80.6 Å². The van der Waals surface area contributed by atoms with Crippen LogP contribution in [0.4, 0.5) is 5.69 Å². The molecule has 0 radical (unpaired) electrons. The number of amides is 2. The van der Waals surface area contributed by atoms with Gasteiger partial charge in [-0.05, 0) is 91.6 Å². The first-order valence-electron chi connectivity index (χ1n) is 17.6. The van der Waals surface area contributed by atoms with Gasteiger partial charge in [0.05, 0.1) is 41.5 Å². The molecule has 1 N–H and O–H groups in total. The molecule has 0 aliphatic carbocycles. The summed E-state index contributed by atoms with van der Waals surface area (Å²) in [5.41, 5.74) is 2.84. The molecule has 3 aromatic carbocycles. The molecule has 0 bridgehead atoms. The molecule has 1 heterocycles. The summed E-state index contributed by atoms with van der Waals surface area (Å²) in [6.07, 6.45) is 3.58. The number of aryl methyl sites for hydroxylation is 1. The summed E-state index contributed by atoms with van der Waals surface area (Å²) in [4.78, 5) is 53.4. The van der Waals surface area contributed by atoms with E-state index in [-0.39, 0.29) is 24.7 Å². The number of benzene rings is 3. The summed E-state index contributed by atoms with van der Waals surface area (Å²) in [5.74, 6) is 0.965. The first kappa shape index (κ1) is 39.5. The number of likely N-dealkylation sites (tertiary alicyclic amines) is 1. The highest BCUT2D eigenvalue weighted by molar-refractivity contribution is 5.92. The fourth-order valence-electron chi connectivity index (χ4n) is 6.57. The summed E-state index contributed by atoms with van der Waals surface area (Å²) >= 11 is 0. The number of hydrogen-bond donors (Lipinski definition) is 1. The molecule has 3 aromatic rings. The number of carbonyl (C=O) groups is 4.